The van der Waals surface area contributed by atoms with E-state index in [2.05, 4.69) is 107 Å². The number of hydroxylamine groups is 6. The van der Waals surface area contributed by atoms with Gasteiger partial charge in [0.25, 0.3) is 0 Å². The smallest absolute Gasteiger partial charge is 0.240 e. The minimum Gasteiger partial charge on any atom is -0.394 e. The van der Waals surface area contributed by atoms with Gasteiger partial charge < -0.3 is 46.6 Å². The summed E-state index contributed by atoms with van der Waals surface area (Å²) >= 11 is 2.27. The first-order chi connectivity index (χ1) is 52.2. The van der Waals surface area contributed by atoms with Crippen molar-refractivity contribution >= 4 is 60.4 Å². The van der Waals surface area contributed by atoms with Crippen LogP contribution in [0.5, 0.6) is 0 Å². The van der Waals surface area contributed by atoms with Gasteiger partial charge in [-0.3, -0.25) is 28.9 Å². The number of nitrogens with zero attached hydrogens (tertiary/aromatic N) is 3. The van der Waals surface area contributed by atoms with Crippen molar-refractivity contribution in [1.82, 2.24) is 31.1 Å². The number of fused-ring (bicyclic) bond motifs is 6. The molecule has 3 amide bonds. The molecule has 17 rings (SSSR count). The van der Waals surface area contributed by atoms with E-state index in [1.54, 1.807) is 60.2 Å². The number of rotatable bonds is 22. The Morgan fingerprint density at radius 2 is 0.730 bits per heavy atom. The van der Waals surface area contributed by atoms with Crippen LogP contribution in [0.4, 0.5) is 0 Å². The molecule has 5 aromatic rings. The van der Waals surface area contributed by atoms with Crippen LogP contribution in [0.1, 0.15) is 138 Å². The minimum atomic E-state index is -3.78. The van der Waals surface area contributed by atoms with Gasteiger partial charge in [0, 0.05) is 39.4 Å². The standard InChI is InChI=1S/2C30H41N3O6S.C24H35IN2O4/c2*1-17-24-13-22(30(24,3)4)14-25(17)32-29(36)28-27(18(2)35)26(16-34)39-33(28)15-19-6-5-7-21(12-19)20-8-10-23(11-9-20)40(31,37)38;1-13-18-9-16(24(18,3)4)10-19(13)26-23(30)22-21(14(2)29)20(12-28)31-27(22)11-15-6-5-7-17(25)8-15/h2*5-12,17-18,22,24-28,34-35H,13-16H2,1-4H3,(H,32,36)(H2,31,37,38);5-8,13-14,16,18-22,28-29H,9-12H2,1-4H3,(H,26,30)/t2*17-,18-,22+,24-,25-,26-,27+,28-;13-,14-,16+,18-,19-,20-,21+,22-/m000/s1. The number of halogens is 1. The second kappa shape index (κ2) is 33.7. The summed E-state index contributed by atoms with van der Waals surface area (Å²) < 4.78 is 47.6. The quantitative estimate of drug-likeness (QED) is 0.0290. The summed E-state index contributed by atoms with van der Waals surface area (Å²) in [6.45, 7) is 25.7. The zero-order valence-electron chi connectivity index (χ0n) is 65.8. The summed E-state index contributed by atoms with van der Waals surface area (Å²) in [7, 11) is -7.57. The van der Waals surface area contributed by atoms with Crippen LogP contribution in [-0.2, 0) is 68.6 Å². The van der Waals surface area contributed by atoms with E-state index in [0.717, 1.165) is 61.8 Å². The summed E-state index contributed by atoms with van der Waals surface area (Å²) in [4.78, 5) is 59.5. The fourth-order valence-electron chi connectivity index (χ4n) is 21.0. The second-order valence-corrected chi connectivity index (χ2v) is 39.7. The summed E-state index contributed by atoms with van der Waals surface area (Å²) in [5.74, 6) is 2.60. The number of aliphatic hydroxyl groups excluding tert-OH is 6. The Morgan fingerprint density at radius 3 is 0.973 bits per heavy atom. The van der Waals surface area contributed by atoms with Crippen molar-refractivity contribution in [2.75, 3.05) is 19.8 Å². The van der Waals surface area contributed by atoms with Crippen molar-refractivity contribution in [1.29, 1.82) is 0 Å². The van der Waals surface area contributed by atoms with Crippen LogP contribution in [0.25, 0.3) is 22.3 Å². The van der Waals surface area contributed by atoms with Crippen molar-refractivity contribution in [3.63, 3.8) is 0 Å². The van der Waals surface area contributed by atoms with Gasteiger partial charge in [0.15, 0.2) is 0 Å². The van der Waals surface area contributed by atoms with Gasteiger partial charge in [0.1, 0.15) is 36.4 Å². The maximum absolute atomic E-state index is 13.8. The predicted octanol–water partition coefficient (Wildman–Crippen LogP) is 8.28. The number of sulfonamides is 2. The Labute approximate surface area is 668 Å². The molecule has 24 atom stereocenters. The lowest BCUT2D eigenvalue weighted by Gasteiger charge is -2.62. The molecule has 111 heavy (non-hydrogen) atoms. The average molecular weight is 1690 g/mol. The van der Waals surface area contributed by atoms with Crippen LogP contribution in [0.2, 0.25) is 0 Å². The molecule has 13 N–H and O–H groups in total. The van der Waals surface area contributed by atoms with Crippen LogP contribution in [-0.4, -0.2) is 173 Å². The number of aliphatic hydroxyl groups is 6. The molecule has 6 bridgehead atoms. The van der Waals surface area contributed by atoms with E-state index in [1.165, 1.54) is 43.5 Å². The first-order valence-corrected chi connectivity index (χ1v) is 43.7. The van der Waals surface area contributed by atoms with E-state index >= 15 is 0 Å². The highest BCUT2D eigenvalue weighted by atomic mass is 127. The topological polar surface area (TPSA) is 366 Å². The Morgan fingerprint density at radius 1 is 0.450 bits per heavy atom. The number of amides is 3. The second-order valence-electron chi connectivity index (χ2n) is 35.4. The molecule has 3 heterocycles. The highest BCUT2D eigenvalue weighted by Gasteiger charge is 2.61. The fraction of sp³-hybridized carbons (Fsp3) is 0.607. The predicted molar refractivity (Wildman–Crippen MR) is 428 cm³/mol. The normalized spacial score (nSPS) is 33.9. The summed E-state index contributed by atoms with van der Waals surface area (Å²) in [5.41, 5.74) is 7.07. The number of nitrogens with two attached hydrogens (primary N) is 2. The number of benzene rings is 5. The largest absolute Gasteiger partial charge is 0.394 e. The van der Waals surface area contributed by atoms with E-state index in [0.29, 0.717) is 76.1 Å². The van der Waals surface area contributed by atoms with Crippen molar-refractivity contribution in [3.05, 3.63) is 142 Å². The molecule has 9 aliphatic carbocycles. The number of carbonyl (C=O) groups excluding carboxylic acids is 3. The molecule has 27 heteroatoms. The summed E-state index contributed by atoms with van der Waals surface area (Å²) in [6.07, 6.45) is 2.06. The summed E-state index contributed by atoms with van der Waals surface area (Å²) in [5, 5.41) is 87.0. The molecular formula is C84H117IN8O16S2. The lowest BCUT2D eigenvalue weighted by Crippen LogP contribution is -2.62. The Balaban J connectivity index is 0.000000156. The fourth-order valence-corrected chi connectivity index (χ4v) is 22.6. The van der Waals surface area contributed by atoms with Crippen molar-refractivity contribution in [3.8, 4) is 22.3 Å². The van der Waals surface area contributed by atoms with Gasteiger partial charge in [0.2, 0.25) is 37.8 Å². The minimum absolute atomic E-state index is 0.0408. The van der Waals surface area contributed by atoms with Gasteiger partial charge in [-0.15, -0.1) is 0 Å². The van der Waals surface area contributed by atoms with Gasteiger partial charge >= 0.3 is 0 Å². The molecule has 9 saturated carbocycles. The number of carbonyl (C=O) groups is 3. The zero-order valence-corrected chi connectivity index (χ0v) is 69.6. The lowest BCUT2D eigenvalue weighted by atomic mass is 9.45. The van der Waals surface area contributed by atoms with Gasteiger partial charge in [0.05, 0.1) is 67.6 Å². The maximum Gasteiger partial charge on any atom is 0.240 e. The number of primary sulfonamides is 2. The maximum atomic E-state index is 13.8. The van der Waals surface area contributed by atoms with Crippen molar-refractivity contribution < 1.29 is 76.4 Å². The number of hydrogen-bond acceptors (Lipinski definition) is 19. The monoisotopic (exact) mass is 1680 g/mol. The van der Waals surface area contributed by atoms with Crippen LogP contribution >= 0.6 is 22.6 Å². The molecule has 0 aromatic heterocycles. The lowest BCUT2D eigenvalue weighted by molar-refractivity contribution is -0.183. The molecule has 5 aromatic carbocycles. The molecular weight excluding hydrogens is 1570 g/mol. The first-order valence-electron chi connectivity index (χ1n) is 39.5. The van der Waals surface area contributed by atoms with Crippen molar-refractivity contribution in [2.24, 2.45) is 97.5 Å². The van der Waals surface area contributed by atoms with E-state index in [4.69, 9.17) is 24.8 Å². The molecule has 24 nitrogen and oxygen atoms in total. The molecule has 0 radical (unpaired) electrons. The highest BCUT2D eigenvalue weighted by Crippen LogP contribution is 2.63. The Kier molecular flexibility index (Phi) is 25.8. The number of nitrogens with one attached hydrogen (secondary N) is 3. The molecule has 0 spiro atoms. The van der Waals surface area contributed by atoms with E-state index in [-0.39, 0.29) is 78.5 Å². The average Bonchev–Trinajstić information content (AvgIpc) is 1.73. The third-order valence-corrected chi connectivity index (χ3v) is 30.5. The van der Waals surface area contributed by atoms with Gasteiger partial charge in [-0.25, -0.2) is 27.1 Å². The SMILES string of the molecule is C[C@@H]1[C@@H](NC(=O)[C@@H]2[C@H]([C@H](C)O)[C@H](CO)ON2Cc2cccc(-c3ccc(S(N)(=O)=O)cc3)c2)C[C@H]2C[C@@H]1C2(C)C.C[C@@H]1[C@@H](NC(=O)[C@@H]2[C@H]([C@H](C)O)[C@H](CO)ON2Cc2cccc(-c3ccc(S(N)(=O)=O)cc3)c2)C[C@H]2C[C@@H]1C2(C)C.C[C@@H]1[C@@H](NC(=O)[C@@H]2[C@H]([C@H](C)O)[C@H](CO)ON2Cc2cccc(I)c2)C[C@H]2C[C@@H]1C2(C)C. The summed E-state index contributed by atoms with van der Waals surface area (Å²) in [6, 6.07) is 34.2. The van der Waals surface area contributed by atoms with Crippen LogP contribution < -0.4 is 26.2 Å². The molecule has 3 aliphatic heterocycles. The first kappa shape index (κ1) is 85.0. The zero-order chi connectivity index (χ0) is 80.5. The third kappa shape index (κ3) is 17.5. The Hall–Kier alpha value is -5.42. The van der Waals surface area contributed by atoms with E-state index < -0.39 is 92.5 Å². The van der Waals surface area contributed by atoms with E-state index in [1.807, 2.05) is 66.7 Å². The molecule has 0 unspecified atom stereocenters. The molecule has 608 valence electrons. The highest BCUT2D eigenvalue weighted by molar-refractivity contribution is 14.1. The molecule has 3 saturated heterocycles. The molecule has 12 fully saturated rings. The number of hydrogen-bond donors (Lipinski definition) is 11. The van der Waals surface area contributed by atoms with Gasteiger partial charge in [-0.2, -0.15) is 15.2 Å². The third-order valence-electron chi connectivity index (χ3n) is 28.0. The van der Waals surface area contributed by atoms with Crippen molar-refractivity contribution in [2.45, 2.75) is 224 Å². The van der Waals surface area contributed by atoms with Crippen LogP contribution in [0, 0.1) is 90.8 Å². The van der Waals surface area contributed by atoms with Gasteiger partial charge in [-0.1, -0.05) is 135 Å². The van der Waals surface area contributed by atoms with E-state index in [9.17, 15) is 61.9 Å². The molecule has 12 aliphatic rings. The van der Waals surface area contributed by atoms with Crippen LogP contribution in [0.15, 0.2) is 131 Å². The van der Waals surface area contributed by atoms with Gasteiger partial charge in [-0.05, 0) is 239 Å². The Bertz CT molecular complexity index is 4160. The van der Waals surface area contributed by atoms with Crippen LogP contribution in [0.3, 0.4) is 0 Å².